The largest absolute Gasteiger partial charge is 0.491 e. The number of benzene rings is 1. The maximum atomic E-state index is 13.1. The van der Waals surface area contributed by atoms with E-state index in [1.54, 1.807) is 13.0 Å². The van der Waals surface area contributed by atoms with Gasteiger partial charge in [-0.3, -0.25) is 4.79 Å². The Kier molecular flexibility index (Phi) is 5.58. The molecule has 0 saturated heterocycles. The average molecular weight is 255 g/mol. The van der Waals surface area contributed by atoms with Gasteiger partial charge >= 0.3 is 5.97 Å². The summed E-state index contributed by atoms with van der Waals surface area (Å²) in [4.78, 5) is 11.4. The molecule has 5 heteroatoms. The van der Waals surface area contributed by atoms with E-state index in [-0.39, 0.29) is 18.4 Å². The molecule has 0 saturated carbocycles. The second-order valence-electron chi connectivity index (χ2n) is 3.86. The number of nitrogens with one attached hydrogen (secondary N) is 1. The summed E-state index contributed by atoms with van der Waals surface area (Å²) in [6.45, 7) is 4.32. The Morgan fingerprint density at radius 3 is 2.78 bits per heavy atom. The van der Waals surface area contributed by atoms with Crippen molar-refractivity contribution in [3.05, 3.63) is 29.6 Å². The first-order valence-electron chi connectivity index (χ1n) is 5.78. The number of esters is 1. The molecule has 0 spiro atoms. The van der Waals surface area contributed by atoms with Crippen molar-refractivity contribution in [2.24, 2.45) is 0 Å². The van der Waals surface area contributed by atoms with Crippen molar-refractivity contribution in [1.29, 1.82) is 0 Å². The lowest BCUT2D eigenvalue weighted by Gasteiger charge is -2.16. The zero-order chi connectivity index (χ0) is 13.5. The van der Waals surface area contributed by atoms with Gasteiger partial charge < -0.3 is 14.8 Å². The molecule has 0 aliphatic carbocycles. The number of hydrogen-bond donors (Lipinski definition) is 1. The van der Waals surface area contributed by atoms with Crippen LogP contribution in [0.1, 0.15) is 12.5 Å². The summed E-state index contributed by atoms with van der Waals surface area (Å²) in [6, 6.07) is 3.94. The van der Waals surface area contributed by atoms with Crippen LogP contribution in [0.5, 0.6) is 5.75 Å². The Balaban J connectivity index is 2.60. The van der Waals surface area contributed by atoms with Crippen LogP contribution in [0.3, 0.4) is 0 Å². The summed E-state index contributed by atoms with van der Waals surface area (Å²) in [7, 11) is 1.33. The zero-order valence-electron chi connectivity index (χ0n) is 10.8. The highest BCUT2D eigenvalue weighted by Crippen LogP contribution is 2.16. The fourth-order valence-electron chi connectivity index (χ4n) is 1.49. The van der Waals surface area contributed by atoms with E-state index in [9.17, 15) is 9.18 Å². The highest BCUT2D eigenvalue weighted by atomic mass is 19.1. The van der Waals surface area contributed by atoms with Gasteiger partial charge in [-0.15, -0.1) is 0 Å². The molecule has 0 aliphatic rings. The molecule has 1 aromatic rings. The Morgan fingerprint density at radius 2 is 2.22 bits per heavy atom. The quantitative estimate of drug-likeness (QED) is 0.785. The molecule has 0 aromatic heterocycles. The maximum Gasteiger partial charge on any atom is 0.326 e. The highest BCUT2D eigenvalue weighted by Gasteiger charge is 2.18. The SMILES string of the molecule is CCNC(COc1ccc(F)c(C)c1)C(=O)OC. The van der Waals surface area contributed by atoms with Crippen molar-refractivity contribution in [3.8, 4) is 5.75 Å². The third kappa shape index (κ3) is 4.00. The molecule has 1 atom stereocenters. The van der Waals surface area contributed by atoms with Gasteiger partial charge in [0.05, 0.1) is 7.11 Å². The molecule has 100 valence electrons. The molecule has 0 heterocycles. The van der Waals surface area contributed by atoms with Crippen LogP contribution in [0.4, 0.5) is 4.39 Å². The van der Waals surface area contributed by atoms with Crippen molar-refractivity contribution in [2.75, 3.05) is 20.3 Å². The fourth-order valence-corrected chi connectivity index (χ4v) is 1.49. The Hall–Kier alpha value is -1.62. The van der Waals surface area contributed by atoms with Crippen LogP contribution in [-0.2, 0) is 9.53 Å². The van der Waals surface area contributed by atoms with Crippen molar-refractivity contribution in [2.45, 2.75) is 19.9 Å². The number of rotatable bonds is 6. The van der Waals surface area contributed by atoms with Crippen LogP contribution in [0.15, 0.2) is 18.2 Å². The molecular weight excluding hydrogens is 237 g/mol. The lowest BCUT2D eigenvalue weighted by Crippen LogP contribution is -2.42. The molecule has 0 bridgehead atoms. The Morgan fingerprint density at radius 1 is 1.50 bits per heavy atom. The van der Waals surface area contributed by atoms with E-state index in [0.717, 1.165) is 0 Å². The predicted octanol–water partition coefficient (Wildman–Crippen LogP) is 1.66. The topological polar surface area (TPSA) is 47.6 Å². The van der Waals surface area contributed by atoms with E-state index >= 15 is 0 Å². The molecule has 1 N–H and O–H groups in total. The summed E-state index contributed by atoms with van der Waals surface area (Å²) in [6.07, 6.45) is 0. The van der Waals surface area contributed by atoms with Gasteiger partial charge in [-0.2, -0.15) is 0 Å². The number of likely N-dealkylation sites (N-methyl/N-ethyl adjacent to an activating group) is 1. The third-order valence-electron chi connectivity index (χ3n) is 2.48. The maximum absolute atomic E-state index is 13.1. The molecule has 0 fully saturated rings. The second-order valence-corrected chi connectivity index (χ2v) is 3.86. The lowest BCUT2D eigenvalue weighted by molar-refractivity contribution is -0.143. The summed E-state index contributed by atoms with van der Waals surface area (Å²) >= 11 is 0. The third-order valence-corrected chi connectivity index (χ3v) is 2.48. The van der Waals surface area contributed by atoms with Gasteiger partial charge in [0.25, 0.3) is 0 Å². The van der Waals surface area contributed by atoms with Crippen molar-refractivity contribution >= 4 is 5.97 Å². The fraction of sp³-hybridized carbons (Fsp3) is 0.462. The van der Waals surface area contributed by atoms with Gasteiger partial charge in [0.1, 0.15) is 24.2 Å². The van der Waals surface area contributed by atoms with Crippen molar-refractivity contribution < 1.29 is 18.7 Å². The lowest BCUT2D eigenvalue weighted by atomic mass is 10.2. The first-order valence-corrected chi connectivity index (χ1v) is 5.78. The van der Waals surface area contributed by atoms with E-state index in [4.69, 9.17) is 4.74 Å². The number of methoxy groups -OCH3 is 1. The molecular formula is C13H18FNO3. The van der Waals surface area contributed by atoms with Gasteiger partial charge in [-0.05, 0) is 37.2 Å². The van der Waals surface area contributed by atoms with E-state index < -0.39 is 6.04 Å². The van der Waals surface area contributed by atoms with Crippen LogP contribution in [0.2, 0.25) is 0 Å². The minimum Gasteiger partial charge on any atom is -0.491 e. The number of halogens is 1. The molecule has 1 rings (SSSR count). The van der Waals surface area contributed by atoms with Crippen LogP contribution in [0, 0.1) is 12.7 Å². The monoisotopic (exact) mass is 255 g/mol. The first kappa shape index (κ1) is 14.4. The second kappa shape index (κ2) is 6.96. The van der Waals surface area contributed by atoms with Crippen LogP contribution in [0.25, 0.3) is 0 Å². The standard InChI is InChI=1S/C13H18FNO3/c1-4-15-12(13(16)17-3)8-18-10-5-6-11(14)9(2)7-10/h5-7,12,15H,4,8H2,1-3H3. The van der Waals surface area contributed by atoms with E-state index in [2.05, 4.69) is 10.1 Å². The summed E-state index contributed by atoms with van der Waals surface area (Å²) in [5.41, 5.74) is 0.505. The van der Waals surface area contributed by atoms with E-state index in [0.29, 0.717) is 17.9 Å². The first-order chi connectivity index (χ1) is 8.58. The van der Waals surface area contributed by atoms with Gasteiger partial charge in [-0.1, -0.05) is 6.92 Å². The van der Waals surface area contributed by atoms with Crippen molar-refractivity contribution in [1.82, 2.24) is 5.32 Å². The average Bonchev–Trinajstić information content (AvgIpc) is 2.37. The minimum absolute atomic E-state index is 0.144. The summed E-state index contributed by atoms with van der Waals surface area (Å²) < 4.78 is 23.2. The number of aryl methyl sites for hydroxylation is 1. The Labute approximate surface area is 106 Å². The highest BCUT2D eigenvalue weighted by molar-refractivity contribution is 5.75. The summed E-state index contributed by atoms with van der Waals surface area (Å²) in [5, 5.41) is 2.96. The number of carbonyl (C=O) groups excluding carboxylic acids is 1. The molecule has 4 nitrogen and oxygen atoms in total. The van der Waals surface area contributed by atoms with Gasteiger partial charge in [0.2, 0.25) is 0 Å². The minimum atomic E-state index is -0.523. The predicted molar refractivity (Wildman–Crippen MR) is 66.1 cm³/mol. The molecule has 0 aliphatic heterocycles. The normalized spacial score (nSPS) is 12.0. The van der Waals surface area contributed by atoms with E-state index in [1.807, 2.05) is 6.92 Å². The van der Waals surface area contributed by atoms with E-state index in [1.165, 1.54) is 19.2 Å². The molecule has 18 heavy (non-hydrogen) atoms. The van der Waals surface area contributed by atoms with Crippen LogP contribution >= 0.6 is 0 Å². The smallest absolute Gasteiger partial charge is 0.326 e. The number of hydrogen-bond acceptors (Lipinski definition) is 4. The number of carbonyl (C=O) groups is 1. The van der Waals surface area contributed by atoms with Gasteiger partial charge in [-0.25, -0.2) is 4.39 Å². The number of ether oxygens (including phenoxy) is 2. The molecule has 0 amide bonds. The van der Waals surface area contributed by atoms with Gasteiger partial charge in [0, 0.05) is 0 Å². The van der Waals surface area contributed by atoms with Crippen LogP contribution in [-0.4, -0.2) is 32.3 Å². The van der Waals surface area contributed by atoms with Gasteiger partial charge in [0.15, 0.2) is 0 Å². The van der Waals surface area contributed by atoms with Crippen molar-refractivity contribution in [3.63, 3.8) is 0 Å². The van der Waals surface area contributed by atoms with Crippen LogP contribution < -0.4 is 10.1 Å². The zero-order valence-corrected chi connectivity index (χ0v) is 10.8. The Bertz CT molecular complexity index is 409. The summed E-state index contributed by atoms with van der Waals surface area (Å²) in [5.74, 6) is -0.130. The molecule has 1 aromatic carbocycles. The molecule has 0 radical (unpaired) electrons. The molecule has 1 unspecified atom stereocenters.